The average molecular weight is 406 g/mol. The fourth-order valence-electron chi connectivity index (χ4n) is 4.29. The molecular formula is C25H31N3O2. The molecule has 0 bridgehead atoms. The number of likely N-dealkylation sites (tertiary alicyclic amines) is 1. The SMILES string of the molecule is COc1ccc(-c2nc3cc(C)ccc3cc2CN2CC[C@@H](N(C)C)C2)cc1OC. The fraction of sp³-hybridized carbons (Fsp3) is 0.400. The number of hydrogen-bond donors (Lipinski definition) is 0. The Morgan fingerprint density at radius 1 is 1.03 bits per heavy atom. The van der Waals surface area contributed by atoms with Gasteiger partial charge >= 0.3 is 0 Å². The molecule has 1 aliphatic heterocycles. The molecule has 2 aromatic carbocycles. The van der Waals surface area contributed by atoms with Crippen molar-refractivity contribution in [3.63, 3.8) is 0 Å². The number of hydrogen-bond acceptors (Lipinski definition) is 5. The third-order valence-electron chi connectivity index (χ3n) is 6.08. The number of rotatable bonds is 6. The first-order valence-electron chi connectivity index (χ1n) is 10.5. The lowest BCUT2D eigenvalue weighted by molar-refractivity contribution is 0.265. The van der Waals surface area contributed by atoms with Gasteiger partial charge in [0, 0.05) is 36.6 Å². The van der Waals surface area contributed by atoms with Gasteiger partial charge in [0.2, 0.25) is 0 Å². The normalized spacial score (nSPS) is 17.1. The molecule has 3 aromatic rings. The highest BCUT2D eigenvalue weighted by Gasteiger charge is 2.25. The van der Waals surface area contributed by atoms with E-state index < -0.39 is 0 Å². The van der Waals surface area contributed by atoms with Crippen LogP contribution in [0.4, 0.5) is 0 Å². The van der Waals surface area contributed by atoms with E-state index in [1.54, 1.807) is 14.2 Å². The van der Waals surface area contributed by atoms with Gasteiger partial charge in [-0.15, -0.1) is 0 Å². The zero-order valence-corrected chi connectivity index (χ0v) is 18.6. The molecular weight excluding hydrogens is 374 g/mol. The summed E-state index contributed by atoms with van der Waals surface area (Å²) >= 11 is 0. The molecule has 1 aromatic heterocycles. The summed E-state index contributed by atoms with van der Waals surface area (Å²) in [5.41, 5.74) is 5.56. The number of methoxy groups -OCH3 is 2. The summed E-state index contributed by atoms with van der Waals surface area (Å²) < 4.78 is 11.0. The minimum Gasteiger partial charge on any atom is -0.493 e. The quantitative estimate of drug-likeness (QED) is 0.609. The number of likely N-dealkylation sites (N-methyl/N-ethyl adjacent to an activating group) is 1. The van der Waals surface area contributed by atoms with Crippen LogP contribution in [0, 0.1) is 6.92 Å². The van der Waals surface area contributed by atoms with Crippen molar-refractivity contribution in [3.05, 3.63) is 53.6 Å². The number of nitrogens with zero attached hydrogens (tertiary/aromatic N) is 3. The lowest BCUT2D eigenvalue weighted by atomic mass is 10.0. The molecule has 5 nitrogen and oxygen atoms in total. The number of fused-ring (bicyclic) bond motifs is 1. The van der Waals surface area contributed by atoms with Gasteiger partial charge < -0.3 is 14.4 Å². The van der Waals surface area contributed by atoms with Gasteiger partial charge in [0.1, 0.15) is 0 Å². The first-order valence-corrected chi connectivity index (χ1v) is 10.5. The summed E-state index contributed by atoms with van der Waals surface area (Å²) in [6.07, 6.45) is 1.21. The lowest BCUT2D eigenvalue weighted by Crippen LogP contribution is -2.31. The third kappa shape index (κ3) is 4.13. The largest absolute Gasteiger partial charge is 0.493 e. The number of ether oxygens (including phenoxy) is 2. The molecule has 1 atom stereocenters. The van der Waals surface area contributed by atoms with Crippen LogP contribution in [-0.2, 0) is 6.54 Å². The Hall–Kier alpha value is -2.63. The van der Waals surface area contributed by atoms with E-state index in [2.05, 4.69) is 61.2 Å². The van der Waals surface area contributed by atoms with Gasteiger partial charge in [-0.2, -0.15) is 0 Å². The maximum Gasteiger partial charge on any atom is 0.161 e. The van der Waals surface area contributed by atoms with E-state index in [9.17, 15) is 0 Å². The summed E-state index contributed by atoms with van der Waals surface area (Å²) in [5.74, 6) is 1.45. The van der Waals surface area contributed by atoms with E-state index in [0.29, 0.717) is 6.04 Å². The zero-order chi connectivity index (χ0) is 21.3. The lowest BCUT2D eigenvalue weighted by Gasteiger charge is -2.21. The second-order valence-electron chi connectivity index (χ2n) is 8.40. The molecule has 0 unspecified atom stereocenters. The highest BCUT2D eigenvalue weighted by atomic mass is 16.5. The van der Waals surface area contributed by atoms with Crippen molar-refractivity contribution in [3.8, 4) is 22.8 Å². The maximum atomic E-state index is 5.55. The van der Waals surface area contributed by atoms with Crippen molar-refractivity contribution in [1.82, 2.24) is 14.8 Å². The van der Waals surface area contributed by atoms with Gasteiger partial charge in [0.15, 0.2) is 11.5 Å². The smallest absolute Gasteiger partial charge is 0.161 e. The van der Waals surface area contributed by atoms with Crippen molar-refractivity contribution in [1.29, 1.82) is 0 Å². The summed E-state index contributed by atoms with van der Waals surface area (Å²) in [7, 11) is 7.67. The fourth-order valence-corrected chi connectivity index (χ4v) is 4.29. The summed E-state index contributed by atoms with van der Waals surface area (Å²) in [6.45, 7) is 5.20. The van der Waals surface area contributed by atoms with Crippen molar-refractivity contribution in [2.75, 3.05) is 41.4 Å². The highest BCUT2D eigenvalue weighted by molar-refractivity contribution is 5.84. The van der Waals surface area contributed by atoms with E-state index in [0.717, 1.165) is 47.9 Å². The van der Waals surface area contributed by atoms with Crippen molar-refractivity contribution < 1.29 is 9.47 Å². The van der Waals surface area contributed by atoms with Crippen molar-refractivity contribution in [2.24, 2.45) is 0 Å². The first kappa shape index (κ1) is 20.6. The van der Waals surface area contributed by atoms with Crippen molar-refractivity contribution >= 4 is 10.9 Å². The van der Waals surface area contributed by atoms with Gasteiger partial charge in [-0.25, -0.2) is 4.98 Å². The second-order valence-corrected chi connectivity index (χ2v) is 8.40. The molecule has 5 heteroatoms. The molecule has 30 heavy (non-hydrogen) atoms. The molecule has 1 fully saturated rings. The van der Waals surface area contributed by atoms with Crippen LogP contribution in [0.3, 0.4) is 0 Å². The van der Waals surface area contributed by atoms with Crippen LogP contribution in [0.15, 0.2) is 42.5 Å². The predicted molar refractivity (Wildman–Crippen MR) is 122 cm³/mol. The minimum atomic E-state index is 0.616. The number of benzene rings is 2. The van der Waals surface area contributed by atoms with Crippen LogP contribution in [0.25, 0.3) is 22.2 Å². The van der Waals surface area contributed by atoms with Crippen LogP contribution < -0.4 is 9.47 Å². The molecule has 2 heterocycles. The molecule has 0 radical (unpaired) electrons. The van der Waals surface area contributed by atoms with E-state index in [1.807, 2.05) is 12.1 Å². The summed E-state index contributed by atoms with van der Waals surface area (Å²) in [4.78, 5) is 9.96. The number of pyridine rings is 1. The van der Waals surface area contributed by atoms with Gasteiger partial charge in [-0.3, -0.25) is 4.90 Å². The van der Waals surface area contributed by atoms with E-state index in [-0.39, 0.29) is 0 Å². The Morgan fingerprint density at radius 3 is 2.53 bits per heavy atom. The molecule has 0 spiro atoms. The van der Waals surface area contributed by atoms with Gasteiger partial charge in [0.25, 0.3) is 0 Å². The molecule has 1 saturated heterocycles. The Morgan fingerprint density at radius 2 is 1.83 bits per heavy atom. The number of aromatic nitrogens is 1. The van der Waals surface area contributed by atoms with Gasteiger partial charge in [-0.05, 0) is 68.9 Å². The first-order chi connectivity index (χ1) is 14.5. The molecule has 0 amide bonds. The molecule has 0 aliphatic carbocycles. The minimum absolute atomic E-state index is 0.616. The van der Waals surface area contributed by atoms with E-state index >= 15 is 0 Å². The Bertz CT molecular complexity index is 1050. The zero-order valence-electron chi connectivity index (χ0n) is 18.6. The topological polar surface area (TPSA) is 37.8 Å². The molecule has 1 aliphatic rings. The summed E-state index contributed by atoms with van der Waals surface area (Å²) in [6, 6.07) is 15.5. The monoisotopic (exact) mass is 405 g/mol. The maximum absolute atomic E-state index is 5.55. The summed E-state index contributed by atoms with van der Waals surface area (Å²) in [5, 5.41) is 1.18. The highest BCUT2D eigenvalue weighted by Crippen LogP contribution is 2.35. The molecule has 4 rings (SSSR count). The van der Waals surface area contributed by atoms with Crippen LogP contribution in [-0.4, -0.2) is 62.2 Å². The van der Waals surface area contributed by atoms with Crippen molar-refractivity contribution in [2.45, 2.75) is 25.9 Å². The molecule has 0 N–H and O–H groups in total. The molecule has 158 valence electrons. The van der Waals surface area contributed by atoms with Crippen LogP contribution in [0.1, 0.15) is 17.5 Å². The van der Waals surface area contributed by atoms with Crippen LogP contribution in [0.2, 0.25) is 0 Å². The standard InChI is InChI=1S/C25H31N3O2/c1-17-6-7-18-13-20(15-28-11-10-21(16-28)27(2)3)25(26-22(18)12-17)19-8-9-23(29-4)24(14-19)30-5/h6-9,12-14,21H,10-11,15-16H2,1-5H3/t21-/m1/s1. The Balaban J connectivity index is 1.77. The third-order valence-corrected chi connectivity index (χ3v) is 6.08. The number of aryl methyl sites for hydroxylation is 1. The Labute approximate surface area is 179 Å². The van der Waals surface area contributed by atoms with Crippen LogP contribution >= 0.6 is 0 Å². The van der Waals surface area contributed by atoms with E-state index in [4.69, 9.17) is 14.5 Å². The van der Waals surface area contributed by atoms with Gasteiger partial charge in [0.05, 0.1) is 25.4 Å². The van der Waals surface area contributed by atoms with Crippen LogP contribution in [0.5, 0.6) is 11.5 Å². The second kappa shape index (κ2) is 8.62. The van der Waals surface area contributed by atoms with E-state index in [1.165, 1.54) is 22.9 Å². The van der Waals surface area contributed by atoms with Gasteiger partial charge in [-0.1, -0.05) is 12.1 Å². The predicted octanol–water partition coefficient (Wildman–Crippen LogP) is 4.36. The molecule has 0 saturated carbocycles. The Kier molecular flexibility index (Phi) is 5.93. The average Bonchev–Trinajstić information content (AvgIpc) is 3.22.